The van der Waals surface area contributed by atoms with E-state index in [0.29, 0.717) is 17.2 Å². The minimum Gasteiger partial charge on any atom is -0.453 e. The number of hydrogen-bond acceptors (Lipinski definition) is 6. The highest BCUT2D eigenvalue weighted by molar-refractivity contribution is 7.92. The number of rotatable bonds is 4. The van der Waals surface area contributed by atoms with Gasteiger partial charge in [0.1, 0.15) is 11.6 Å². The third-order valence-electron chi connectivity index (χ3n) is 2.80. The lowest BCUT2D eigenvalue weighted by Crippen LogP contribution is -2.15. The molecule has 0 aliphatic heterocycles. The summed E-state index contributed by atoms with van der Waals surface area (Å²) in [5, 5.41) is 2.44. The Labute approximate surface area is 134 Å². The van der Waals surface area contributed by atoms with Crippen LogP contribution in [0.25, 0.3) is 0 Å². The molecule has 1 heterocycles. The fourth-order valence-electron chi connectivity index (χ4n) is 1.85. The predicted octanol–water partition coefficient (Wildman–Crippen LogP) is 2.07. The van der Waals surface area contributed by atoms with Crippen LogP contribution in [0.2, 0.25) is 0 Å². The summed E-state index contributed by atoms with van der Waals surface area (Å²) in [7, 11) is -2.54. The smallest absolute Gasteiger partial charge is 0.411 e. The van der Waals surface area contributed by atoms with Crippen molar-refractivity contribution in [1.29, 1.82) is 0 Å². The maximum atomic E-state index is 12.3. The molecule has 0 spiro atoms. The molecule has 2 aromatic rings. The molecule has 1 amide bonds. The van der Waals surface area contributed by atoms with E-state index in [9.17, 15) is 13.2 Å². The first-order valence-corrected chi connectivity index (χ1v) is 8.08. The van der Waals surface area contributed by atoms with Gasteiger partial charge >= 0.3 is 6.09 Å². The summed E-state index contributed by atoms with van der Waals surface area (Å²) >= 11 is 0. The van der Waals surface area contributed by atoms with Crippen molar-refractivity contribution in [2.75, 3.05) is 17.1 Å². The average Bonchev–Trinajstić information content (AvgIpc) is 2.46. The lowest BCUT2D eigenvalue weighted by atomic mass is 10.3. The van der Waals surface area contributed by atoms with Crippen molar-refractivity contribution in [2.45, 2.75) is 18.7 Å². The van der Waals surface area contributed by atoms with Crippen LogP contribution in [0.4, 0.5) is 16.3 Å². The van der Waals surface area contributed by atoms with E-state index in [4.69, 9.17) is 0 Å². The molecular formula is C14H16N4O4S. The van der Waals surface area contributed by atoms with Crippen LogP contribution in [-0.2, 0) is 14.8 Å². The van der Waals surface area contributed by atoms with Crippen molar-refractivity contribution >= 4 is 27.6 Å². The lowest BCUT2D eigenvalue weighted by molar-refractivity contribution is 0.187. The molecule has 8 nitrogen and oxygen atoms in total. The molecule has 2 rings (SSSR count). The van der Waals surface area contributed by atoms with Crippen LogP contribution in [0.1, 0.15) is 11.5 Å². The molecule has 1 aromatic carbocycles. The molecule has 0 fully saturated rings. The van der Waals surface area contributed by atoms with Gasteiger partial charge < -0.3 is 4.74 Å². The molecular weight excluding hydrogens is 320 g/mol. The lowest BCUT2D eigenvalue weighted by Gasteiger charge is -2.09. The second-order valence-electron chi connectivity index (χ2n) is 4.69. The quantitative estimate of drug-likeness (QED) is 0.884. The van der Waals surface area contributed by atoms with E-state index in [1.807, 2.05) is 0 Å². The van der Waals surface area contributed by atoms with E-state index in [1.54, 1.807) is 13.8 Å². The average molecular weight is 336 g/mol. The molecule has 9 heteroatoms. The first kappa shape index (κ1) is 16.7. The van der Waals surface area contributed by atoms with Crippen molar-refractivity contribution in [2.24, 2.45) is 0 Å². The van der Waals surface area contributed by atoms with Gasteiger partial charge in [-0.05, 0) is 38.1 Å². The van der Waals surface area contributed by atoms with Crippen molar-refractivity contribution in [1.82, 2.24) is 9.97 Å². The summed E-state index contributed by atoms with van der Waals surface area (Å²) < 4.78 is 31.5. The second-order valence-corrected chi connectivity index (χ2v) is 6.37. The topological polar surface area (TPSA) is 110 Å². The molecule has 0 saturated carbocycles. The van der Waals surface area contributed by atoms with Crippen molar-refractivity contribution in [3.05, 3.63) is 41.9 Å². The molecule has 0 radical (unpaired) electrons. The summed E-state index contributed by atoms with van der Waals surface area (Å²) in [6.45, 7) is 3.43. The number of aromatic nitrogens is 2. The zero-order chi connectivity index (χ0) is 17.0. The molecule has 0 atom stereocenters. The van der Waals surface area contributed by atoms with Gasteiger partial charge in [0.25, 0.3) is 10.0 Å². The van der Waals surface area contributed by atoms with Crippen molar-refractivity contribution in [3.63, 3.8) is 0 Å². The summed E-state index contributed by atoms with van der Waals surface area (Å²) in [6, 6.07) is 7.20. The van der Waals surface area contributed by atoms with Gasteiger partial charge in [-0.25, -0.2) is 23.2 Å². The van der Waals surface area contributed by atoms with Crippen LogP contribution in [0.15, 0.2) is 35.2 Å². The highest BCUT2D eigenvalue weighted by Crippen LogP contribution is 2.17. The third-order valence-corrected chi connectivity index (χ3v) is 4.17. The first-order chi connectivity index (χ1) is 10.8. The number of sulfonamides is 1. The van der Waals surface area contributed by atoms with Crippen LogP contribution >= 0.6 is 0 Å². The van der Waals surface area contributed by atoms with Crippen molar-refractivity contribution in [3.8, 4) is 0 Å². The molecule has 2 N–H and O–H groups in total. The van der Waals surface area contributed by atoms with E-state index in [2.05, 4.69) is 24.7 Å². The van der Waals surface area contributed by atoms with Crippen LogP contribution in [0.3, 0.4) is 0 Å². The minimum absolute atomic E-state index is 0.0434. The Balaban J connectivity index is 2.20. The van der Waals surface area contributed by atoms with Gasteiger partial charge in [0.15, 0.2) is 0 Å². The number of anilines is 2. The monoisotopic (exact) mass is 336 g/mol. The number of ether oxygens (including phenoxy) is 1. The Morgan fingerprint density at radius 3 is 2.35 bits per heavy atom. The standard InChI is InChI=1S/C14H16N4O4S/c1-9-8-13(16-10(2)15-9)18-23(20,21)12-6-4-11(5-7-12)17-14(19)22-3/h4-8H,1-3H3,(H,17,19)(H,15,16,18). The van der Waals surface area contributed by atoms with Gasteiger partial charge in [-0.3, -0.25) is 10.0 Å². The molecule has 0 aliphatic carbocycles. The summed E-state index contributed by atoms with van der Waals surface area (Å²) in [6.07, 6.45) is -0.634. The molecule has 122 valence electrons. The largest absolute Gasteiger partial charge is 0.453 e. The Kier molecular flexibility index (Phi) is 4.80. The number of nitrogens with one attached hydrogen (secondary N) is 2. The fraction of sp³-hybridized carbons (Fsp3) is 0.214. The number of methoxy groups -OCH3 is 1. The van der Waals surface area contributed by atoms with Crippen LogP contribution in [-0.4, -0.2) is 31.6 Å². The molecule has 1 aromatic heterocycles. The Hall–Kier alpha value is -2.68. The van der Waals surface area contributed by atoms with Gasteiger partial charge in [-0.2, -0.15) is 0 Å². The number of amides is 1. The van der Waals surface area contributed by atoms with Crippen LogP contribution in [0, 0.1) is 13.8 Å². The van der Waals surface area contributed by atoms with Gasteiger partial charge in [0.2, 0.25) is 0 Å². The summed E-state index contributed by atoms with van der Waals surface area (Å²) in [5.74, 6) is 0.673. The number of nitrogens with zero attached hydrogens (tertiary/aromatic N) is 2. The molecule has 0 saturated heterocycles. The maximum absolute atomic E-state index is 12.3. The van der Waals surface area contributed by atoms with E-state index in [1.165, 1.54) is 37.4 Å². The number of aryl methyl sites for hydroxylation is 2. The Bertz CT molecular complexity index is 799. The second kappa shape index (κ2) is 6.61. The van der Waals surface area contributed by atoms with E-state index >= 15 is 0 Å². The Morgan fingerprint density at radius 1 is 1.13 bits per heavy atom. The van der Waals surface area contributed by atoms with Gasteiger partial charge in [-0.1, -0.05) is 0 Å². The number of benzene rings is 1. The van der Waals surface area contributed by atoms with E-state index in [-0.39, 0.29) is 10.7 Å². The Morgan fingerprint density at radius 2 is 1.78 bits per heavy atom. The van der Waals surface area contributed by atoms with Crippen molar-refractivity contribution < 1.29 is 17.9 Å². The number of carbonyl (C=O) groups excluding carboxylic acids is 1. The summed E-state index contributed by atoms with van der Waals surface area (Å²) in [4.78, 5) is 19.3. The zero-order valence-electron chi connectivity index (χ0n) is 12.8. The minimum atomic E-state index is -3.78. The molecule has 0 unspecified atom stereocenters. The maximum Gasteiger partial charge on any atom is 0.411 e. The van der Waals surface area contributed by atoms with Crippen LogP contribution < -0.4 is 10.0 Å². The van der Waals surface area contributed by atoms with Gasteiger partial charge in [0, 0.05) is 17.4 Å². The van der Waals surface area contributed by atoms with E-state index in [0.717, 1.165) is 0 Å². The highest BCUT2D eigenvalue weighted by Gasteiger charge is 2.15. The molecule has 0 aliphatic rings. The van der Waals surface area contributed by atoms with E-state index < -0.39 is 16.1 Å². The predicted molar refractivity (Wildman–Crippen MR) is 84.8 cm³/mol. The normalized spacial score (nSPS) is 10.9. The number of carbonyl (C=O) groups is 1. The first-order valence-electron chi connectivity index (χ1n) is 6.60. The fourth-order valence-corrected chi connectivity index (χ4v) is 2.84. The number of hydrogen-bond donors (Lipinski definition) is 2. The SMILES string of the molecule is COC(=O)Nc1ccc(S(=O)(=O)Nc2cc(C)nc(C)n2)cc1. The molecule has 23 heavy (non-hydrogen) atoms. The van der Waals surface area contributed by atoms with Gasteiger partial charge in [-0.15, -0.1) is 0 Å². The van der Waals surface area contributed by atoms with Gasteiger partial charge in [0.05, 0.1) is 12.0 Å². The highest BCUT2D eigenvalue weighted by atomic mass is 32.2. The zero-order valence-corrected chi connectivity index (χ0v) is 13.6. The summed E-state index contributed by atoms with van der Waals surface area (Å²) in [5.41, 5.74) is 1.08. The third kappa shape index (κ3) is 4.39. The van der Waals surface area contributed by atoms with Crippen LogP contribution in [0.5, 0.6) is 0 Å². The molecule has 0 bridgehead atoms.